The molecule has 2 aliphatic rings. The van der Waals surface area contributed by atoms with Crippen LogP contribution in [0.25, 0.3) is 0 Å². The first-order chi connectivity index (χ1) is 12.5. The summed E-state index contributed by atoms with van der Waals surface area (Å²) in [5.41, 5.74) is 2.24. The van der Waals surface area contributed by atoms with Gasteiger partial charge >= 0.3 is 0 Å². The number of nitrogens with zero attached hydrogens (tertiary/aromatic N) is 2. The molecule has 1 atom stereocenters. The summed E-state index contributed by atoms with van der Waals surface area (Å²) in [6.07, 6.45) is 1.61. The van der Waals surface area contributed by atoms with Crippen LogP contribution in [-0.2, 0) is 22.5 Å². The van der Waals surface area contributed by atoms with Crippen LogP contribution in [0.5, 0.6) is 11.5 Å². The van der Waals surface area contributed by atoms with Crippen LogP contribution >= 0.6 is 12.2 Å². The molecule has 1 saturated heterocycles. The van der Waals surface area contributed by atoms with Crippen molar-refractivity contribution in [3.05, 3.63) is 23.3 Å². The van der Waals surface area contributed by atoms with E-state index >= 15 is 0 Å². The Morgan fingerprint density at radius 2 is 1.85 bits per heavy atom. The quantitative estimate of drug-likeness (QED) is 0.536. The van der Waals surface area contributed by atoms with Gasteiger partial charge in [-0.1, -0.05) is 0 Å². The Hall–Kier alpha value is -1.86. The topological polar surface area (TPSA) is 51.2 Å². The molecule has 0 aliphatic carbocycles. The maximum atomic E-state index is 12.9. The third kappa shape index (κ3) is 3.50. The average Bonchev–Trinajstić information content (AvgIpc) is 2.86. The van der Waals surface area contributed by atoms with Gasteiger partial charge < -0.3 is 19.1 Å². The Bertz CT molecular complexity index is 656. The molecule has 0 N–H and O–H groups in total. The number of hydrogen-bond donors (Lipinski definition) is 0. The highest BCUT2D eigenvalue weighted by molar-refractivity contribution is 7.80. The predicted molar refractivity (Wildman–Crippen MR) is 103 cm³/mol. The fraction of sp³-hybridized carbons (Fsp3) is 0.579. The molecule has 0 spiro atoms. The summed E-state index contributed by atoms with van der Waals surface area (Å²) < 4.78 is 16.4. The number of carbonyl (C=O) groups is 1. The fourth-order valence-corrected chi connectivity index (χ4v) is 3.88. The van der Waals surface area contributed by atoms with Crippen molar-refractivity contribution in [1.82, 2.24) is 9.80 Å². The first-order valence-electron chi connectivity index (χ1n) is 8.93. The second-order valence-corrected chi connectivity index (χ2v) is 7.23. The smallest absolute Gasteiger partial charge is 0.251 e. The van der Waals surface area contributed by atoms with Gasteiger partial charge in [0.1, 0.15) is 6.04 Å². The number of ether oxygens (including phenoxy) is 3. The standard InChI is InChI=1S/C19H26N2O4S/c1-12(2)25-7-5-6-20-18(22)15-8-13-9-16(23-3)17(24-4)10-14(13)11-21(15)19(20)26/h9-10,12,15H,5-8,11H2,1-4H3/t15-/m0/s1. The fourth-order valence-electron chi connectivity index (χ4n) is 3.51. The SMILES string of the molecule is COc1cc2c(cc1OC)CN1C(=S)N(CCCOC(C)C)C(=O)[C@@H]1C2. The largest absolute Gasteiger partial charge is 0.493 e. The van der Waals surface area contributed by atoms with Gasteiger partial charge in [0.2, 0.25) is 0 Å². The zero-order valence-corrected chi connectivity index (χ0v) is 16.6. The van der Waals surface area contributed by atoms with Gasteiger partial charge in [-0.2, -0.15) is 0 Å². The van der Waals surface area contributed by atoms with Crippen molar-refractivity contribution in [1.29, 1.82) is 0 Å². The van der Waals surface area contributed by atoms with Crippen LogP contribution in [0, 0.1) is 0 Å². The molecule has 2 aliphatic heterocycles. The van der Waals surface area contributed by atoms with E-state index in [0.717, 1.165) is 17.5 Å². The van der Waals surface area contributed by atoms with Gasteiger partial charge in [-0.3, -0.25) is 9.69 Å². The molecule has 0 bridgehead atoms. The van der Waals surface area contributed by atoms with Crippen LogP contribution in [0.4, 0.5) is 0 Å². The highest BCUT2D eigenvalue weighted by Crippen LogP contribution is 2.37. The number of rotatable bonds is 7. The normalized spacial score (nSPS) is 19.0. The molecule has 2 heterocycles. The van der Waals surface area contributed by atoms with Gasteiger partial charge in [0, 0.05) is 26.1 Å². The zero-order chi connectivity index (χ0) is 18.8. The summed E-state index contributed by atoms with van der Waals surface area (Å²) in [5, 5.41) is 0.616. The van der Waals surface area contributed by atoms with E-state index in [0.29, 0.717) is 42.7 Å². The van der Waals surface area contributed by atoms with Crippen molar-refractivity contribution in [2.24, 2.45) is 0 Å². The molecular weight excluding hydrogens is 352 g/mol. The van der Waals surface area contributed by atoms with Crippen molar-refractivity contribution < 1.29 is 19.0 Å². The molecule has 7 heteroatoms. The summed E-state index contributed by atoms with van der Waals surface area (Å²) >= 11 is 5.59. The lowest BCUT2D eigenvalue weighted by Gasteiger charge is -2.31. The highest BCUT2D eigenvalue weighted by Gasteiger charge is 2.44. The zero-order valence-electron chi connectivity index (χ0n) is 15.8. The summed E-state index contributed by atoms with van der Waals surface area (Å²) in [5.74, 6) is 1.47. The highest BCUT2D eigenvalue weighted by atomic mass is 32.1. The van der Waals surface area contributed by atoms with E-state index in [9.17, 15) is 4.79 Å². The summed E-state index contributed by atoms with van der Waals surface area (Å²) in [4.78, 5) is 16.6. The second kappa shape index (κ2) is 7.80. The molecule has 6 nitrogen and oxygen atoms in total. The van der Waals surface area contributed by atoms with E-state index in [-0.39, 0.29) is 18.1 Å². The Morgan fingerprint density at radius 3 is 2.46 bits per heavy atom. The molecule has 0 aromatic heterocycles. The van der Waals surface area contributed by atoms with Crippen molar-refractivity contribution in [2.75, 3.05) is 27.4 Å². The minimum atomic E-state index is -0.223. The van der Waals surface area contributed by atoms with Crippen LogP contribution in [0.15, 0.2) is 12.1 Å². The van der Waals surface area contributed by atoms with Gasteiger partial charge in [-0.05, 0) is 55.7 Å². The Morgan fingerprint density at radius 1 is 1.19 bits per heavy atom. The van der Waals surface area contributed by atoms with Gasteiger partial charge in [-0.25, -0.2) is 0 Å². The van der Waals surface area contributed by atoms with Crippen molar-refractivity contribution in [3.8, 4) is 11.5 Å². The number of carbonyl (C=O) groups excluding carboxylic acids is 1. The molecule has 1 fully saturated rings. The number of thiocarbonyl (C=S) groups is 1. The third-order valence-electron chi connectivity index (χ3n) is 4.84. The maximum absolute atomic E-state index is 12.9. The predicted octanol–water partition coefficient (Wildman–Crippen LogP) is 2.37. The number of methoxy groups -OCH3 is 2. The number of fused-ring (bicyclic) bond motifs is 2. The minimum Gasteiger partial charge on any atom is -0.493 e. The lowest BCUT2D eigenvalue weighted by molar-refractivity contribution is -0.128. The molecule has 1 amide bonds. The average molecular weight is 378 g/mol. The van der Waals surface area contributed by atoms with Gasteiger partial charge in [-0.15, -0.1) is 0 Å². The van der Waals surface area contributed by atoms with E-state index in [4.69, 9.17) is 26.4 Å². The van der Waals surface area contributed by atoms with Crippen LogP contribution in [-0.4, -0.2) is 60.3 Å². The monoisotopic (exact) mass is 378 g/mol. The lowest BCUT2D eigenvalue weighted by Crippen LogP contribution is -2.40. The van der Waals surface area contributed by atoms with Crippen LogP contribution in [0.3, 0.4) is 0 Å². The van der Waals surface area contributed by atoms with E-state index in [2.05, 4.69) is 0 Å². The Labute approximate surface area is 160 Å². The van der Waals surface area contributed by atoms with Crippen LogP contribution in [0.1, 0.15) is 31.4 Å². The van der Waals surface area contributed by atoms with Crippen molar-refractivity contribution in [3.63, 3.8) is 0 Å². The molecule has 0 unspecified atom stereocenters. The molecule has 3 rings (SSSR count). The molecular formula is C19H26N2O4S. The van der Waals surface area contributed by atoms with E-state index in [1.54, 1.807) is 19.1 Å². The van der Waals surface area contributed by atoms with E-state index in [1.807, 2.05) is 30.9 Å². The number of hydrogen-bond acceptors (Lipinski definition) is 5. The molecule has 142 valence electrons. The Balaban J connectivity index is 1.74. The number of benzene rings is 1. The van der Waals surface area contributed by atoms with Crippen LogP contribution in [0.2, 0.25) is 0 Å². The molecule has 0 radical (unpaired) electrons. The summed E-state index contributed by atoms with van der Waals surface area (Å²) in [6.45, 7) is 5.85. The van der Waals surface area contributed by atoms with E-state index < -0.39 is 0 Å². The first kappa shape index (κ1) is 18.9. The molecule has 0 saturated carbocycles. The van der Waals surface area contributed by atoms with E-state index in [1.165, 1.54) is 0 Å². The molecule has 1 aromatic carbocycles. The molecule has 26 heavy (non-hydrogen) atoms. The first-order valence-corrected chi connectivity index (χ1v) is 9.34. The van der Waals surface area contributed by atoms with Gasteiger partial charge in [0.25, 0.3) is 5.91 Å². The van der Waals surface area contributed by atoms with Crippen LogP contribution < -0.4 is 9.47 Å². The van der Waals surface area contributed by atoms with Gasteiger partial charge in [0.05, 0.1) is 20.3 Å². The van der Waals surface area contributed by atoms with Crippen molar-refractivity contribution in [2.45, 2.75) is 45.4 Å². The summed E-state index contributed by atoms with van der Waals surface area (Å²) in [7, 11) is 3.25. The molecule has 1 aromatic rings. The third-order valence-corrected chi connectivity index (χ3v) is 5.30. The van der Waals surface area contributed by atoms with Crippen molar-refractivity contribution >= 4 is 23.2 Å². The lowest BCUT2D eigenvalue weighted by atomic mass is 9.94. The Kier molecular flexibility index (Phi) is 5.67. The number of amides is 1. The van der Waals surface area contributed by atoms with Gasteiger partial charge in [0.15, 0.2) is 16.6 Å². The maximum Gasteiger partial charge on any atom is 0.251 e. The second-order valence-electron chi connectivity index (χ2n) is 6.87. The minimum absolute atomic E-state index is 0.0833. The summed E-state index contributed by atoms with van der Waals surface area (Å²) in [6, 6.07) is 3.73.